The van der Waals surface area contributed by atoms with Crippen molar-refractivity contribution >= 4 is 0 Å². The van der Waals surface area contributed by atoms with Crippen molar-refractivity contribution in [2.75, 3.05) is 0 Å². The summed E-state index contributed by atoms with van der Waals surface area (Å²) in [6.07, 6.45) is 10.8. The molecule has 2 saturated carbocycles. The third-order valence-electron chi connectivity index (χ3n) is 5.32. The van der Waals surface area contributed by atoms with Crippen molar-refractivity contribution in [2.45, 2.75) is 51.4 Å². The number of hydrogen-bond donors (Lipinski definition) is 0. The first-order chi connectivity index (χ1) is 7.78. The maximum Gasteiger partial charge on any atom is 0.0375 e. The molecule has 1 spiro atoms. The molecule has 1 heteroatoms. The normalized spacial score (nSPS) is 33.6. The van der Waals surface area contributed by atoms with Crippen molar-refractivity contribution in [3.8, 4) is 0 Å². The van der Waals surface area contributed by atoms with Crippen LogP contribution in [-0.2, 0) is 6.42 Å². The molecule has 1 aromatic rings. The van der Waals surface area contributed by atoms with Crippen molar-refractivity contribution in [1.82, 2.24) is 4.98 Å². The fourth-order valence-electron chi connectivity index (χ4n) is 4.36. The Morgan fingerprint density at radius 1 is 1.25 bits per heavy atom. The Kier molecular flexibility index (Phi) is 1.66. The highest BCUT2D eigenvalue weighted by Gasteiger charge is 2.57. The Labute approximate surface area is 97.3 Å². The Morgan fingerprint density at radius 2 is 2.12 bits per heavy atom. The van der Waals surface area contributed by atoms with Gasteiger partial charge >= 0.3 is 0 Å². The fraction of sp³-hybridized carbons (Fsp3) is 0.667. The van der Waals surface area contributed by atoms with Crippen LogP contribution in [0.5, 0.6) is 0 Å². The average Bonchev–Trinajstić information content (AvgIpc) is 2.95. The van der Waals surface area contributed by atoms with E-state index >= 15 is 0 Å². The predicted octanol–water partition coefficient (Wildman–Crippen LogP) is 3.61. The van der Waals surface area contributed by atoms with Gasteiger partial charge < -0.3 is 0 Å². The minimum absolute atomic E-state index is 0.744. The van der Waals surface area contributed by atoms with Crippen LogP contribution in [0.4, 0.5) is 0 Å². The second kappa shape index (κ2) is 2.88. The van der Waals surface area contributed by atoms with Gasteiger partial charge in [-0.1, -0.05) is 0 Å². The summed E-state index contributed by atoms with van der Waals surface area (Å²) in [6, 6.07) is 2.39. The fourth-order valence-corrected chi connectivity index (χ4v) is 4.36. The largest absolute Gasteiger partial charge is 0.261 e. The van der Waals surface area contributed by atoms with Gasteiger partial charge in [-0.25, -0.2) is 0 Å². The molecular weight excluding hydrogens is 194 g/mol. The Hall–Kier alpha value is -0.850. The molecule has 0 N–H and O–H groups in total. The van der Waals surface area contributed by atoms with Gasteiger partial charge in [0.1, 0.15) is 0 Å². The van der Waals surface area contributed by atoms with Crippen molar-refractivity contribution in [1.29, 1.82) is 0 Å². The number of aryl methyl sites for hydroxylation is 2. The van der Waals surface area contributed by atoms with Crippen LogP contribution in [0.15, 0.2) is 12.3 Å². The van der Waals surface area contributed by atoms with E-state index in [1.54, 1.807) is 11.1 Å². The summed E-state index contributed by atoms with van der Waals surface area (Å²) in [5.74, 6) is 1.90. The second-order valence-electron chi connectivity index (χ2n) is 6.20. The maximum absolute atomic E-state index is 4.47. The van der Waals surface area contributed by atoms with Gasteiger partial charge in [-0.2, -0.15) is 0 Å². The smallest absolute Gasteiger partial charge is 0.0375 e. The number of nitrogens with zero attached hydrogens (tertiary/aromatic N) is 1. The first-order valence-electron chi connectivity index (χ1n) is 6.74. The highest BCUT2D eigenvalue weighted by atomic mass is 14.7. The monoisotopic (exact) mass is 213 g/mol. The molecule has 84 valence electrons. The van der Waals surface area contributed by atoms with Crippen LogP contribution in [0, 0.1) is 18.3 Å². The van der Waals surface area contributed by atoms with Crippen molar-refractivity contribution in [3.05, 3.63) is 29.1 Å². The lowest BCUT2D eigenvalue weighted by molar-refractivity contribution is 0.355. The number of fused-ring (bicyclic) bond motifs is 4. The summed E-state index contributed by atoms with van der Waals surface area (Å²) >= 11 is 0. The topological polar surface area (TPSA) is 12.9 Å². The van der Waals surface area contributed by atoms with Gasteiger partial charge in [0.25, 0.3) is 0 Å². The van der Waals surface area contributed by atoms with E-state index in [0.29, 0.717) is 0 Å². The molecule has 3 aliphatic carbocycles. The van der Waals surface area contributed by atoms with E-state index in [0.717, 1.165) is 17.3 Å². The zero-order valence-electron chi connectivity index (χ0n) is 10.00. The Bertz CT molecular complexity index is 445. The van der Waals surface area contributed by atoms with Gasteiger partial charge in [-0.15, -0.1) is 0 Å². The highest BCUT2D eigenvalue weighted by Crippen LogP contribution is 2.68. The zero-order valence-corrected chi connectivity index (χ0v) is 10.00. The predicted molar refractivity (Wildman–Crippen MR) is 64.4 cm³/mol. The van der Waals surface area contributed by atoms with Gasteiger partial charge in [0.15, 0.2) is 0 Å². The Balaban J connectivity index is 1.87. The number of rotatable bonds is 0. The first kappa shape index (κ1) is 9.21. The minimum Gasteiger partial charge on any atom is -0.261 e. The zero-order chi connectivity index (χ0) is 10.8. The lowest BCUT2D eigenvalue weighted by atomic mass is 9.73. The van der Waals surface area contributed by atoms with Crippen molar-refractivity contribution < 1.29 is 0 Å². The second-order valence-corrected chi connectivity index (χ2v) is 6.20. The molecule has 2 unspecified atom stereocenters. The van der Waals surface area contributed by atoms with Gasteiger partial charge in [-0.05, 0) is 79.9 Å². The molecule has 0 aromatic carbocycles. The lowest BCUT2D eigenvalue weighted by Crippen LogP contribution is -2.21. The van der Waals surface area contributed by atoms with E-state index in [-0.39, 0.29) is 0 Å². The van der Waals surface area contributed by atoms with Crippen LogP contribution < -0.4 is 0 Å². The lowest BCUT2D eigenvalue weighted by Gasteiger charge is -2.32. The summed E-state index contributed by atoms with van der Waals surface area (Å²) in [6.45, 7) is 2.14. The molecular formula is C15H19N. The standard InChI is InChI=1S/C15H19N/c1-10-8-13-12(9-16-10)3-2-11-4-5-15(6-7-15)14(11)13/h8-9,11,14H,2-7H2,1H3. The van der Waals surface area contributed by atoms with Crippen LogP contribution in [0.3, 0.4) is 0 Å². The molecule has 0 radical (unpaired) electrons. The molecule has 3 aliphatic rings. The molecule has 4 rings (SSSR count). The maximum atomic E-state index is 4.47. The van der Waals surface area contributed by atoms with E-state index in [2.05, 4.69) is 24.2 Å². The third kappa shape index (κ3) is 1.09. The highest BCUT2D eigenvalue weighted by molar-refractivity contribution is 5.37. The van der Waals surface area contributed by atoms with Crippen LogP contribution >= 0.6 is 0 Å². The van der Waals surface area contributed by atoms with Crippen LogP contribution in [0.25, 0.3) is 0 Å². The van der Waals surface area contributed by atoms with Crippen molar-refractivity contribution in [2.24, 2.45) is 11.3 Å². The molecule has 0 bridgehead atoms. The summed E-state index contributed by atoms with van der Waals surface area (Å²) in [5, 5.41) is 0. The Morgan fingerprint density at radius 3 is 2.94 bits per heavy atom. The van der Waals surface area contributed by atoms with E-state index < -0.39 is 0 Å². The van der Waals surface area contributed by atoms with Crippen LogP contribution in [0.2, 0.25) is 0 Å². The molecule has 0 saturated heterocycles. The molecule has 2 atom stereocenters. The summed E-state index contributed by atoms with van der Waals surface area (Å²) in [5.41, 5.74) is 5.19. The average molecular weight is 213 g/mol. The van der Waals surface area contributed by atoms with E-state index in [4.69, 9.17) is 0 Å². The number of pyridine rings is 1. The van der Waals surface area contributed by atoms with E-state index in [1.165, 1.54) is 44.2 Å². The molecule has 1 nitrogen and oxygen atoms in total. The molecule has 0 amide bonds. The first-order valence-corrected chi connectivity index (χ1v) is 6.74. The number of aromatic nitrogens is 1. The molecule has 1 heterocycles. The third-order valence-corrected chi connectivity index (χ3v) is 5.32. The quantitative estimate of drug-likeness (QED) is 0.641. The molecule has 16 heavy (non-hydrogen) atoms. The minimum atomic E-state index is 0.744. The van der Waals surface area contributed by atoms with Gasteiger partial charge in [0.2, 0.25) is 0 Å². The SMILES string of the molecule is Cc1cc2c(cn1)CCC1CCC3(CC3)C21. The molecule has 1 aromatic heterocycles. The van der Waals surface area contributed by atoms with Gasteiger partial charge in [0, 0.05) is 11.9 Å². The summed E-state index contributed by atoms with van der Waals surface area (Å²) < 4.78 is 0. The molecule has 2 fully saturated rings. The van der Waals surface area contributed by atoms with E-state index in [9.17, 15) is 0 Å². The van der Waals surface area contributed by atoms with Gasteiger partial charge in [-0.3, -0.25) is 4.98 Å². The van der Waals surface area contributed by atoms with Crippen LogP contribution in [0.1, 0.15) is 54.8 Å². The van der Waals surface area contributed by atoms with E-state index in [1.807, 2.05) is 0 Å². The van der Waals surface area contributed by atoms with Crippen molar-refractivity contribution in [3.63, 3.8) is 0 Å². The van der Waals surface area contributed by atoms with Gasteiger partial charge in [0.05, 0.1) is 0 Å². The molecule has 0 aliphatic heterocycles. The summed E-state index contributed by atoms with van der Waals surface area (Å²) in [7, 11) is 0. The van der Waals surface area contributed by atoms with Crippen LogP contribution in [-0.4, -0.2) is 4.98 Å². The number of hydrogen-bond acceptors (Lipinski definition) is 1. The summed E-state index contributed by atoms with van der Waals surface area (Å²) in [4.78, 5) is 4.47.